The third kappa shape index (κ3) is 14.2. The lowest BCUT2D eigenvalue weighted by atomic mass is 10.1. The molecule has 2 aromatic heterocycles. The van der Waals surface area contributed by atoms with E-state index in [9.17, 15) is 22.8 Å². The van der Waals surface area contributed by atoms with Crippen LogP contribution in [-0.4, -0.2) is 47.9 Å². The van der Waals surface area contributed by atoms with Crippen molar-refractivity contribution in [2.24, 2.45) is 11.5 Å². The Bertz CT molecular complexity index is 1370. The van der Waals surface area contributed by atoms with Crippen molar-refractivity contribution in [2.45, 2.75) is 44.9 Å². The molecule has 0 atom stereocenters. The Kier molecular flexibility index (Phi) is 14.5. The van der Waals surface area contributed by atoms with Crippen LogP contribution in [0.3, 0.4) is 0 Å². The van der Waals surface area contributed by atoms with Crippen molar-refractivity contribution in [3.05, 3.63) is 82.5 Å². The highest BCUT2D eigenvalue weighted by atomic mass is 32.1. The summed E-state index contributed by atoms with van der Waals surface area (Å²) in [6.07, 6.45) is 4.72. The minimum Gasteiger partial charge on any atom is -0.496 e. The van der Waals surface area contributed by atoms with Gasteiger partial charge in [0.2, 0.25) is 11.0 Å². The molecule has 0 radical (unpaired) electrons. The number of aldehydes is 1. The Morgan fingerprint density at radius 2 is 1.91 bits per heavy atom. The molecule has 2 heterocycles. The number of anilines is 1. The van der Waals surface area contributed by atoms with Gasteiger partial charge >= 0.3 is 6.36 Å². The monoisotopic (exact) mass is 621 g/mol. The van der Waals surface area contributed by atoms with E-state index in [0.29, 0.717) is 28.6 Å². The van der Waals surface area contributed by atoms with Gasteiger partial charge in [-0.05, 0) is 61.7 Å². The second kappa shape index (κ2) is 18.0. The quantitative estimate of drug-likeness (QED) is 0.117. The molecule has 0 unspecified atom stereocenters. The number of ether oxygens (including phenoxy) is 2. The van der Waals surface area contributed by atoms with Crippen molar-refractivity contribution < 1.29 is 32.2 Å². The molecule has 0 aliphatic rings. The molecule has 1 aromatic carbocycles. The number of hydrogen-bond donors (Lipinski definition) is 4. The van der Waals surface area contributed by atoms with Crippen LogP contribution < -0.4 is 31.6 Å². The standard InChI is InChI=1S/C18H25N7OS.C10H9F3O3/c1-21-15(20)10-9-13(19)6-2-3-8-17-24-25-18(27-17)23-16(26)12-14-7-4-5-11-22-14;1-15-9-3-2-8(16-10(11,12)13)6-7(9)4-5-14/h4-5,7,9-11,21H,2-3,6,8,12,19-20H2,1H3,(H,23,25,26);2-3,5-6H,4H2,1H3/b13-9-,15-10+;. The Morgan fingerprint density at radius 3 is 2.56 bits per heavy atom. The molecule has 0 bridgehead atoms. The van der Waals surface area contributed by atoms with Gasteiger partial charge in [0, 0.05) is 43.0 Å². The Labute approximate surface area is 251 Å². The third-order valence-corrected chi connectivity index (χ3v) is 6.34. The molecular formula is C28H34F3N7O4S. The number of carbonyl (C=O) groups is 2. The maximum absolute atomic E-state index is 12.0. The number of nitrogens with two attached hydrogens (primary N) is 2. The number of nitrogens with zero attached hydrogens (tertiary/aromatic N) is 3. The van der Waals surface area contributed by atoms with Crippen molar-refractivity contribution in [3.8, 4) is 11.5 Å². The molecular weight excluding hydrogens is 587 g/mol. The van der Waals surface area contributed by atoms with Crippen molar-refractivity contribution in [3.63, 3.8) is 0 Å². The highest BCUT2D eigenvalue weighted by Crippen LogP contribution is 2.28. The van der Waals surface area contributed by atoms with E-state index in [4.69, 9.17) is 16.2 Å². The van der Waals surface area contributed by atoms with E-state index in [-0.39, 0.29) is 24.5 Å². The number of nitrogens with one attached hydrogen (secondary N) is 2. The number of pyridine rings is 1. The summed E-state index contributed by atoms with van der Waals surface area (Å²) in [4.78, 5) is 26.5. The summed E-state index contributed by atoms with van der Waals surface area (Å²) in [5, 5.41) is 15.1. The van der Waals surface area contributed by atoms with Crippen LogP contribution in [0.1, 0.15) is 35.5 Å². The molecule has 232 valence electrons. The average Bonchev–Trinajstić information content (AvgIpc) is 3.41. The summed E-state index contributed by atoms with van der Waals surface area (Å²) in [6.45, 7) is 0. The number of hydrogen-bond acceptors (Lipinski definition) is 11. The first-order valence-electron chi connectivity index (χ1n) is 13.0. The molecule has 1 amide bonds. The van der Waals surface area contributed by atoms with Crippen molar-refractivity contribution in [2.75, 3.05) is 19.5 Å². The van der Waals surface area contributed by atoms with Crippen LogP contribution in [0.5, 0.6) is 11.5 Å². The average molecular weight is 622 g/mol. The number of allylic oxidation sites excluding steroid dienone is 3. The van der Waals surface area contributed by atoms with Crippen molar-refractivity contribution in [1.29, 1.82) is 0 Å². The molecule has 0 saturated heterocycles. The molecule has 0 fully saturated rings. The van der Waals surface area contributed by atoms with Gasteiger partial charge in [0.1, 0.15) is 22.8 Å². The third-order valence-electron chi connectivity index (χ3n) is 5.44. The summed E-state index contributed by atoms with van der Waals surface area (Å²) >= 11 is 1.39. The normalized spacial score (nSPS) is 11.7. The smallest absolute Gasteiger partial charge is 0.496 e. The summed E-state index contributed by atoms with van der Waals surface area (Å²) < 4.78 is 44.4. The largest absolute Gasteiger partial charge is 0.573 e. The molecule has 0 spiro atoms. The molecule has 11 nitrogen and oxygen atoms in total. The number of carbonyl (C=O) groups excluding carboxylic acids is 2. The SMILES string of the molecule is CN/C(N)=C/C=C(\N)CCCCc1nnc(NC(=O)Cc2ccccn2)s1.COc1ccc(OC(F)(F)F)cc1CC=O. The minimum absolute atomic E-state index is 0.0295. The summed E-state index contributed by atoms with van der Waals surface area (Å²) in [5.41, 5.74) is 13.4. The highest BCUT2D eigenvalue weighted by Gasteiger charge is 2.31. The lowest BCUT2D eigenvalue weighted by Gasteiger charge is -2.11. The number of aromatic nitrogens is 3. The number of benzene rings is 1. The summed E-state index contributed by atoms with van der Waals surface area (Å²) in [7, 11) is 3.13. The summed E-state index contributed by atoms with van der Waals surface area (Å²) in [5.74, 6) is 0.402. The fourth-order valence-corrected chi connectivity index (χ4v) is 4.20. The molecule has 43 heavy (non-hydrogen) atoms. The van der Waals surface area contributed by atoms with Crippen LogP contribution >= 0.6 is 11.3 Å². The second-order valence-electron chi connectivity index (χ2n) is 8.76. The number of aryl methyl sites for hydroxylation is 1. The van der Waals surface area contributed by atoms with Crippen LogP contribution in [0.4, 0.5) is 18.3 Å². The van der Waals surface area contributed by atoms with Crippen LogP contribution in [0.25, 0.3) is 0 Å². The van der Waals surface area contributed by atoms with E-state index in [2.05, 4.69) is 30.6 Å². The molecule has 15 heteroatoms. The van der Waals surface area contributed by atoms with Crippen molar-refractivity contribution >= 4 is 28.7 Å². The molecule has 3 rings (SSSR count). The van der Waals surface area contributed by atoms with E-state index in [1.807, 2.05) is 24.3 Å². The van der Waals surface area contributed by atoms with Crippen LogP contribution in [0.15, 0.2) is 66.3 Å². The van der Waals surface area contributed by atoms with Gasteiger partial charge in [-0.1, -0.05) is 17.4 Å². The predicted molar refractivity (Wildman–Crippen MR) is 157 cm³/mol. The molecule has 6 N–H and O–H groups in total. The fourth-order valence-electron chi connectivity index (χ4n) is 3.41. The lowest BCUT2D eigenvalue weighted by Crippen LogP contribution is -2.17. The molecule has 3 aromatic rings. The van der Waals surface area contributed by atoms with Gasteiger partial charge in [0.25, 0.3) is 0 Å². The van der Waals surface area contributed by atoms with Gasteiger partial charge in [0.05, 0.1) is 19.4 Å². The van der Waals surface area contributed by atoms with Crippen LogP contribution in [0.2, 0.25) is 0 Å². The molecule has 0 saturated carbocycles. The molecule has 0 aliphatic carbocycles. The van der Waals surface area contributed by atoms with Gasteiger partial charge in [-0.2, -0.15) is 0 Å². The highest BCUT2D eigenvalue weighted by molar-refractivity contribution is 7.15. The Balaban J connectivity index is 0.000000344. The van der Waals surface area contributed by atoms with Crippen LogP contribution in [0, 0.1) is 0 Å². The van der Waals surface area contributed by atoms with Gasteiger partial charge in [-0.15, -0.1) is 23.4 Å². The van der Waals surface area contributed by atoms with E-state index in [1.54, 1.807) is 19.3 Å². The number of methoxy groups -OCH3 is 1. The predicted octanol–water partition coefficient (Wildman–Crippen LogP) is 4.02. The van der Waals surface area contributed by atoms with Crippen LogP contribution in [-0.2, 0) is 28.9 Å². The van der Waals surface area contributed by atoms with Gasteiger partial charge in [-0.3, -0.25) is 9.78 Å². The Morgan fingerprint density at radius 1 is 1.12 bits per heavy atom. The number of alkyl halides is 3. The maximum atomic E-state index is 12.0. The zero-order chi connectivity index (χ0) is 31.7. The van der Waals surface area contributed by atoms with Gasteiger partial charge in [-0.25, -0.2) is 0 Å². The minimum atomic E-state index is -4.74. The van der Waals surface area contributed by atoms with Gasteiger partial charge < -0.3 is 36.4 Å². The first-order valence-corrected chi connectivity index (χ1v) is 13.8. The fraction of sp³-hybridized carbons (Fsp3) is 0.321. The topological polar surface area (TPSA) is 167 Å². The Hall–Kier alpha value is -4.66. The van der Waals surface area contributed by atoms with Crippen molar-refractivity contribution in [1.82, 2.24) is 20.5 Å². The van der Waals surface area contributed by atoms with E-state index >= 15 is 0 Å². The zero-order valence-corrected chi connectivity index (χ0v) is 24.5. The first-order chi connectivity index (χ1) is 20.5. The zero-order valence-electron chi connectivity index (χ0n) is 23.7. The first kappa shape index (κ1) is 34.5. The number of halogens is 3. The van der Waals surface area contributed by atoms with E-state index in [0.717, 1.165) is 54.2 Å². The molecule has 0 aliphatic heterocycles. The second-order valence-corrected chi connectivity index (χ2v) is 9.82. The number of unbranched alkanes of at least 4 members (excludes halogenated alkanes) is 1. The van der Waals surface area contributed by atoms with E-state index in [1.165, 1.54) is 24.5 Å². The number of rotatable bonds is 14. The maximum Gasteiger partial charge on any atom is 0.573 e. The summed E-state index contributed by atoms with van der Waals surface area (Å²) in [6, 6.07) is 9.05. The van der Waals surface area contributed by atoms with Gasteiger partial charge in [0.15, 0.2) is 0 Å². The number of amides is 1. The lowest BCUT2D eigenvalue weighted by molar-refractivity contribution is -0.274. The van der Waals surface area contributed by atoms with E-state index < -0.39 is 6.36 Å².